The molecule has 0 unspecified atom stereocenters. The van der Waals surface area contributed by atoms with Gasteiger partial charge in [0.1, 0.15) is 0 Å². The molecule has 2 fully saturated rings. The van der Waals surface area contributed by atoms with Crippen molar-refractivity contribution in [1.29, 1.82) is 0 Å². The van der Waals surface area contributed by atoms with E-state index in [1.54, 1.807) is 0 Å². The first-order valence-corrected chi connectivity index (χ1v) is 8.05. The van der Waals surface area contributed by atoms with E-state index in [-0.39, 0.29) is 0 Å². The molecule has 2 aliphatic carbocycles. The van der Waals surface area contributed by atoms with Gasteiger partial charge in [0.05, 0.1) is 0 Å². The summed E-state index contributed by atoms with van der Waals surface area (Å²) in [5, 5.41) is 6.85. The van der Waals surface area contributed by atoms with Crippen LogP contribution in [0.3, 0.4) is 0 Å². The molecule has 2 N–H and O–H groups in total. The van der Waals surface area contributed by atoms with Gasteiger partial charge >= 0.3 is 0 Å². The van der Waals surface area contributed by atoms with Crippen molar-refractivity contribution < 1.29 is 0 Å². The number of anilines is 2. The second-order valence-electron chi connectivity index (χ2n) is 6.04. The molecule has 1 heterocycles. The molecule has 0 atom stereocenters. The average molecular weight is 274 g/mol. The largest absolute Gasteiger partial charge is 0.351 e. The third kappa shape index (κ3) is 3.81. The van der Waals surface area contributed by atoms with Gasteiger partial charge in [-0.25, -0.2) is 0 Å². The fraction of sp³-hybridized carbons (Fsp3) is 0.800. The minimum atomic E-state index is 0.516. The number of nitrogens with one attached hydrogen (secondary N) is 2. The zero-order valence-corrected chi connectivity index (χ0v) is 12.1. The third-order valence-electron chi connectivity index (χ3n) is 4.40. The predicted octanol–water partition coefficient (Wildman–Crippen LogP) is 3.16. The van der Waals surface area contributed by atoms with Crippen LogP contribution in [0.15, 0.2) is 0 Å². The number of rotatable bonds is 4. The topological polar surface area (TPSA) is 62.7 Å². The van der Waals surface area contributed by atoms with Crippen molar-refractivity contribution in [3.05, 3.63) is 6.33 Å². The van der Waals surface area contributed by atoms with Gasteiger partial charge in [-0.15, -0.1) is 0 Å². The van der Waals surface area contributed by atoms with E-state index < -0.39 is 0 Å². The molecule has 1 radical (unpaired) electrons. The normalized spacial score (nSPS) is 21.6. The Kier molecular flexibility index (Phi) is 4.66. The first kappa shape index (κ1) is 13.6. The minimum absolute atomic E-state index is 0.516. The summed E-state index contributed by atoms with van der Waals surface area (Å²) >= 11 is 0. The second-order valence-corrected chi connectivity index (χ2v) is 6.04. The Morgan fingerprint density at radius 1 is 0.700 bits per heavy atom. The van der Waals surface area contributed by atoms with Crippen molar-refractivity contribution in [3.8, 4) is 0 Å². The molecular formula is C15H24N5. The molecule has 2 saturated carbocycles. The maximum Gasteiger partial charge on any atom is 0.228 e. The average Bonchev–Trinajstić information content (AvgIpc) is 2.50. The molecular weight excluding hydrogens is 250 g/mol. The Labute approximate surface area is 121 Å². The summed E-state index contributed by atoms with van der Waals surface area (Å²) < 4.78 is 0. The molecule has 1 aromatic heterocycles. The molecule has 0 saturated heterocycles. The van der Waals surface area contributed by atoms with Crippen molar-refractivity contribution in [2.75, 3.05) is 10.6 Å². The van der Waals surface area contributed by atoms with Gasteiger partial charge in [0.2, 0.25) is 18.2 Å². The van der Waals surface area contributed by atoms with Crippen LogP contribution in [0.25, 0.3) is 0 Å². The van der Waals surface area contributed by atoms with Crippen LogP contribution < -0.4 is 10.6 Å². The first-order chi connectivity index (χ1) is 9.90. The van der Waals surface area contributed by atoms with Gasteiger partial charge in [-0.3, -0.25) is 0 Å². The highest BCUT2D eigenvalue weighted by molar-refractivity contribution is 5.34. The zero-order valence-electron chi connectivity index (χ0n) is 12.1. The van der Waals surface area contributed by atoms with E-state index in [2.05, 4.69) is 31.9 Å². The molecule has 1 aromatic rings. The van der Waals surface area contributed by atoms with Crippen molar-refractivity contribution in [2.45, 2.75) is 76.3 Å². The monoisotopic (exact) mass is 274 g/mol. The van der Waals surface area contributed by atoms with E-state index in [0.717, 1.165) is 0 Å². The summed E-state index contributed by atoms with van der Waals surface area (Å²) in [6, 6.07) is 1.03. The predicted molar refractivity (Wildman–Crippen MR) is 79.7 cm³/mol. The molecule has 5 heteroatoms. The Morgan fingerprint density at radius 2 is 1.15 bits per heavy atom. The number of hydrogen-bond acceptors (Lipinski definition) is 5. The Balaban J connectivity index is 1.57. The summed E-state index contributed by atoms with van der Waals surface area (Å²) in [4.78, 5) is 12.7. The van der Waals surface area contributed by atoms with Crippen LogP contribution in [-0.2, 0) is 0 Å². The van der Waals surface area contributed by atoms with E-state index >= 15 is 0 Å². The van der Waals surface area contributed by atoms with Gasteiger partial charge in [0, 0.05) is 12.1 Å². The molecule has 2 aliphatic rings. The second kappa shape index (κ2) is 6.86. The summed E-state index contributed by atoms with van der Waals surface area (Å²) in [6.07, 6.45) is 15.5. The lowest BCUT2D eigenvalue weighted by Crippen LogP contribution is -2.26. The van der Waals surface area contributed by atoms with Crippen LogP contribution in [0.1, 0.15) is 64.2 Å². The van der Waals surface area contributed by atoms with Crippen LogP contribution in [0.4, 0.5) is 11.9 Å². The van der Waals surface area contributed by atoms with Crippen molar-refractivity contribution in [3.63, 3.8) is 0 Å². The fourth-order valence-corrected chi connectivity index (χ4v) is 3.26. The van der Waals surface area contributed by atoms with Crippen molar-refractivity contribution >= 4 is 11.9 Å². The first-order valence-electron chi connectivity index (χ1n) is 8.05. The number of nitrogens with zero attached hydrogens (tertiary/aromatic N) is 3. The van der Waals surface area contributed by atoms with Crippen LogP contribution in [0, 0.1) is 6.33 Å². The standard InChI is InChI=1S/C15H24N5/c1-3-7-12(8-4-1)18-14-16-11-17-15(20-14)19-13-9-5-2-6-10-13/h12-13H,1-10H2,(H2,16,17,18,19,20). The highest BCUT2D eigenvalue weighted by Crippen LogP contribution is 2.22. The lowest BCUT2D eigenvalue weighted by molar-refractivity contribution is 0.458. The SMILES string of the molecule is [c]1nc(NC2CCCCC2)nc(NC2CCCCC2)n1. The van der Waals surface area contributed by atoms with Gasteiger partial charge in [-0.05, 0) is 25.7 Å². The molecule has 5 nitrogen and oxygen atoms in total. The smallest absolute Gasteiger partial charge is 0.228 e. The molecule has 0 aromatic carbocycles. The van der Waals surface area contributed by atoms with Crippen LogP contribution >= 0.6 is 0 Å². The van der Waals surface area contributed by atoms with Crippen LogP contribution in [0.5, 0.6) is 0 Å². The molecule has 0 spiro atoms. The molecule has 0 bridgehead atoms. The maximum absolute atomic E-state index is 4.49. The fourth-order valence-electron chi connectivity index (χ4n) is 3.26. The van der Waals surface area contributed by atoms with Crippen molar-refractivity contribution in [2.24, 2.45) is 0 Å². The van der Waals surface area contributed by atoms with Gasteiger partial charge in [-0.1, -0.05) is 38.5 Å². The zero-order chi connectivity index (χ0) is 13.6. The number of hydrogen-bond donors (Lipinski definition) is 2. The Bertz CT molecular complexity index is 375. The van der Waals surface area contributed by atoms with E-state index in [1.165, 1.54) is 64.2 Å². The minimum Gasteiger partial charge on any atom is -0.351 e. The highest BCUT2D eigenvalue weighted by atomic mass is 15.2. The quantitative estimate of drug-likeness (QED) is 0.883. The van der Waals surface area contributed by atoms with Gasteiger partial charge in [0.25, 0.3) is 0 Å². The van der Waals surface area contributed by atoms with E-state index in [4.69, 9.17) is 0 Å². The summed E-state index contributed by atoms with van der Waals surface area (Å²) in [5.74, 6) is 1.34. The summed E-state index contributed by atoms with van der Waals surface area (Å²) in [5.41, 5.74) is 0. The van der Waals surface area contributed by atoms with Crippen molar-refractivity contribution in [1.82, 2.24) is 15.0 Å². The van der Waals surface area contributed by atoms with Gasteiger partial charge in [0.15, 0.2) is 0 Å². The third-order valence-corrected chi connectivity index (χ3v) is 4.40. The molecule has 0 amide bonds. The summed E-state index contributed by atoms with van der Waals surface area (Å²) in [6.45, 7) is 0. The Morgan fingerprint density at radius 3 is 1.60 bits per heavy atom. The highest BCUT2D eigenvalue weighted by Gasteiger charge is 2.16. The lowest BCUT2D eigenvalue weighted by Gasteiger charge is -2.24. The molecule has 0 aliphatic heterocycles. The maximum atomic E-state index is 4.49. The van der Waals surface area contributed by atoms with Gasteiger partial charge in [-0.2, -0.15) is 15.0 Å². The van der Waals surface area contributed by atoms with Crippen LogP contribution in [-0.4, -0.2) is 27.0 Å². The van der Waals surface area contributed by atoms with E-state index in [9.17, 15) is 0 Å². The lowest BCUT2D eigenvalue weighted by atomic mass is 9.96. The Hall–Kier alpha value is -1.39. The van der Waals surface area contributed by atoms with E-state index in [0.29, 0.717) is 24.0 Å². The summed E-state index contributed by atoms with van der Waals surface area (Å²) in [7, 11) is 0. The number of aromatic nitrogens is 3. The molecule has 3 rings (SSSR count). The molecule has 20 heavy (non-hydrogen) atoms. The molecule has 109 valence electrons. The van der Waals surface area contributed by atoms with Gasteiger partial charge < -0.3 is 10.6 Å². The van der Waals surface area contributed by atoms with Crippen LogP contribution in [0.2, 0.25) is 0 Å². The van der Waals surface area contributed by atoms with E-state index in [1.807, 2.05) is 0 Å².